The molecule has 0 saturated heterocycles. The minimum atomic E-state index is -0.938. The lowest BCUT2D eigenvalue weighted by Crippen LogP contribution is -1.93. The van der Waals surface area contributed by atoms with E-state index in [2.05, 4.69) is 49.2 Å². The summed E-state index contributed by atoms with van der Waals surface area (Å²) in [6, 6.07) is 16.6. The summed E-state index contributed by atoms with van der Waals surface area (Å²) < 4.78 is 0. The molecule has 1 aromatic heterocycles. The molecule has 0 saturated carbocycles. The summed E-state index contributed by atoms with van der Waals surface area (Å²) in [6.07, 6.45) is 3.83. The molecule has 3 rings (SSSR count). The van der Waals surface area contributed by atoms with Crippen molar-refractivity contribution in [3.63, 3.8) is 0 Å². The topological polar surface area (TPSA) is 53.1 Å². The van der Waals surface area contributed by atoms with Crippen molar-refractivity contribution in [2.75, 3.05) is 0 Å². The normalized spacial score (nSPS) is 11.6. The van der Waals surface area contributed by atoms with Gasteiger partial charge in [0.05, 0.1) is 0 Å². The largest absolute Gasteiger partial charge is 0.478 e. The van der Waals surface area contributed by atoms with E-state index in [-0.39, 0.29) is 0 Å². The fourth-order valence-electron chi connectivity index (χ4n) is 2.92. The third kappa shape index (κ3) is 3.74. The second-order valence-corrected chi connectivity index (χ2v) is 6.50. The molecule has 2 N–H and O–H groups in total. The molecule has 122 valence electrons. The zero-order valence-electron chi connectivity index (χ0n) is 13.9. The van der Waals surface area contributed by atoms with Crippen LogP contribution in [-0.4, -0.2) is 16.1 Å². The molecule has 0 bridgehead atoms. The van der Waals surface area contributed by atoms with E-state index >= 15 is 0 Å². The molecule has 0 radical (unpaired) electrons. The lowest BCUT2D eigenvalue weighted by Gasteiger charge is -2.06. The van der Waals surface area contributed by atoms with Crippen molar-refractivity contribution in [1.82, 2.24) is 4.98 Å². The van der Waals surface area contributed by atoms with Gasteiger partial charge in [0.25, 0.3) is 0 Å². The SMILES string of the molecule is CC(C)Cc1cccc(-c2cc3cc(/C=C/C(=O)O)ccc3[nH]2)c1. The number of carboxylic acid groups (broad SMARTS) is 1. The first-order valence-corrected chi connectivity index (χ1v) is 8.14. The van der Waals surface area contributed by atoms with E-state index in [1.165, 1.54) is 11.1 Å². The smallest absolute Gasteiger partial charge is 0.328 e. The maximum absolute atomic E-state index is 10.6. The van der Waals surface area contributed by atoms with Gasteiger partial charge in [-0.15, -0.1) is 0 Å². The van der Waals surface area contributed by atoms with Crippen LogP contribution in [0.4, 0.5) is 0 Å². The molecule has 2 aromatic carbocycles. The number of carboxylic acids is 1. The van der Waals surface area contributed by atoms with Crippen LogP contribution in [-0.2, 0) is 11.2 Å². The highest BCUT2D eigenvalue weighted by atomic mass is 16.4. The van der Waals surface area contributed by atoms with Crippen molar-refractivity contribution in [3.05, 3.63) is 65.7 Å². The van der Waals surface area contributed by atoms with Gasteiger partial charge in [-0.2, -0.15) is 0 Å². The molecule has 0 unspecified atom stereocenters. The lowest BCUT2D eigenvalue weighted by molar-refractivity contribution is -0.131. The van der Waals surface area contributed by atoms with Crippen molar-refractivity contribution < 1.29 is 9.90 Å². The van der Waals surface area contributed by atoms with E-state index in [1.54, 1.807) is 6.08 Å². The van der Waals surface area contributed by atoms with Crippen LogP contribution >= 0.6 is 0 Å². The molecule has 0 aliphatic heterocycles. The maximum atomic E-state index is 10.6. The molecule has 0 spiro atoms. The Balaban J connectivity index is 1.94. The number of aromatic amines is 1. The van der Waals surface area contributed by atoms with Gasteiger partial charge in [-0.3, -0.25) is 0 Å². The highest BCUT2D eigenvalue weighted by molar-refractivity contribution is 5.90. The first kappa shape index (κ1) is 16.1. The van der Waals surface area contributed by atoms with Gasteiger partial charge in [0, 0.05) is 22.7 Å². The number of rotatable bonds is 5. The van der Waals surface area contributed by atoms with Crippen LogP contribution in [0, 0.1) is 5.92 Å². The van der Waals surface area contributed by atoms with Gasteiger partial charge in [0.15, 0.2) is 0 Å². The van der Waals surface area contributed by atoms with Gasteiger partial charge >= 0.3 is 5.97 Å². The Hall–Kier alpha value is -2.81. The van der Waals surface area contributed by atoms with E-state index < -0.39 is 5.97 Å². The Bertz CT molecular complexity index is 903. The monoisotopic (exact) mass is 319 g/mol. The lowest BCUT2D eigenvalue weighted by atomic mass is 10.00. The molecule has 24 heavy (non-hydrogen) atoms. The van der Waals surface area contributed by atoms with Crippen LogP contribution in [0.3, 0.4) is 0 Å². The molecule has 1 heterocycles. The van der Waals surface area contributed by atoms with Gasteiger partial charge in [0.2, 0.25) is 0 Å². The number of carbonyl (C=O) groups is 1. The van der Waals surface area contributed by atoms with Crippen LogP contribution < -0.4 is 0 Å². The quantitative estimate of drug-likeness (QED) is 0.640. The molecule has 0 aliphatic carbocycles. The van der Waals surface area contributed by atoms with Gasteiger partial charge in [-0.05, 0) is 59.4 Å². The summed E-state index contributed by atoms with van der Waals surface area (Å²) in [7, 11) is 0. The van der Waals surface area contributed by atoms with Crippen molar-refractivity contribution in [2.45, 2.75) is 20.3 Å². The average Bonchev–Trinajstić information content (AvgIpc) is 2.95. The van der Waals surface area contributed by atoms with E-state index in [1.807, 2.05) is 18.2 Å². The fraction of sp³-hybridized carbons (Fsp3) is 0.190. The summed E-state index contributed by atoms with van der Waals surface area (Å²) in [5.41, 5.74) is 5.52. The van der Waals surface area contributed by atoms with Crippen LogP contribution in [0.15, 0.2) is 54.6 Å². The number of hydrogen-bond acceptors (Lipinski definition) is 1. The standard InChI is InChI=1S/C21H21NO2/c1-14(2)10-16-4-3-5-17(12-16)20-13-18-11-15(7-9-21(23)24)6-8-19(18)22-20/h3-9,11-14,22H,10H2,1-2H3,(H,23,24)/b9-7+. The molecule has 0 amide bonds. The maximum Gasteiger partial charge on any atom is 0.328 e. The molecular weight excluding hydrogens is 298 g/mol. The number of H-pyrrole nitrogens is 1. The zero-order chi connectivity index (χ0) is 17.1. The Kier molecular flexibility index (Phi) is 4.52. The Morgan fingerprint density at radius 1 is 1.17 bits per heavy atom. The molecule has 3 nitrogen and oxygen atoms in total. The highest BCUT2D eigenvalue weighted by Gasteiger charge is 2.06. The molecule has 0 atom stereocenters. The van der Waals surface area contributed by atoms with Gasteiger partial charge in [-0.1, -0.05) is 38.1 Å². The second-order valence-electron chi connectivity index (χ2n) is 6.50. The van der Waals surface area contributed by atoms with Gasteiger partial charge in [0.1, 0.15) is 0 Å². The van der Waals surface area contributed by atoms with Crippen LogP contribution in [0.2, 0.25) is 0 Å². The van der Waals surface area contributed by atoms with Crippen LogP contribution in [0.5, 0.6) is 0 Å². The summed E-state index contributed by atoms with van der Waals surface area (Å²) in [4.78, 5) is 14.1. The molecule has 0 aliphatic rings. The third-order valence-corrected chi connectivity index (χ3v) is 3.95. The highest BCUT2D eigenvalue weighted by Crippen LogP contribution is 2.26. The Labute approximate surface area is 141 Å². The van der Waals surface area contributed by atoms with Crippen LogP contribution in [0.25, 0.3) is 28.2 Å². The van der Waals surface area contributed by atoms with Crippen molar-refractivity contribution in [1.29, 1.82) is 0 Å². The number of fused-ring (bicyclic) bond motifs is 1. The fourth-order valence-corrected chi connectivity index (χ4v) is 2.92. The summed E-state index contributed by atoms with van der Waals surface area (Å²) >= 11 is 0. The first-order valence-electron chi connectivity index (χ1n) is 8.14. The number of nitrogens with one attached hydrogen (secondary N) is 1. The minimum absolute atomic E-state index is 0.631. The van der Waals surface area contributed by atoms with Crippen molar-refractivity contribution in [2.24, 2.45) is 5.92 Å². The number of benzene rings is 2. The number of hydrogen-bond donors (Lipinski definition) is 2. The number of aliphatic carboxylic acids is 1. The first-order chi connectivity index (χ1) is 11.5. The predicted molar refractivity (Wildman–Crippen MR) is 98.9 cm³/mol. The minimum Gasteiger partial charge on any atom is -0.478 e. The summed E-state index contributed by atoms with van der Waals surface area (Å²) in [5.74, 6) is -0.307. The van der Waals surface area contributed by atoms with Gasteiger partial charge in [-0.25, -0.2) is 4.79 Å². The second kappa shape index (κ2) is 6.75. The van der Waals surface area contributed by atoms with E-state index in [4.69, 9.17) is 5.11 Å². The number of aromatic nitrogens is 1. The predicted octanol–water partition coefficient (Wildman–Crippen LogP) is 5.13. The summed E-state index contributed by atoms with van der Waals surface area (Å²) in [6.45, 7) is 4.45. The molecule has 3 aromatic rings. The molecular formula is C21H21NO2. The van der Waals surface area contributed by atoms with Gasteiger partial charge < -0.3 is 10.1 Å². The third-order valence-electron chi connectivity index (χ3n) is 3.95. The van der Waals surface area contributed by atoms with E-state index in [9.17, 15) is 4.79 Å². The Morgan fingerprint density at radius 3 is 2.75 bits per heavy atom. The molecule has 0 fully saturated rings. The van der Waals surface area contributed by atoms with Crippen molar-refractivity contribution >= 4 is 22.9 Å². The van der Waals surface area contributed by atoms with E-state index in [0.29, 0.717) is 5.92 Å². The summed E-state index contributed by atoms with van der Waals surface area (Å²) in [5, 5.41) is 9.81. The van der Waals surface area contributed by atoms with Crippen molar-refractivity contribution in [3.8, 4) is 11.3 Å². The zero-order valence-corrected chi connectivity index (χ0v) is 13.9. The average molecular weight is 319 g/mol. The molecule has 3 heteroatoms. The van der Waals surface area contributed by atoms with E-state index in [0.717, 1.165) is 34.7 Å². The van der Waals surface area contributed by atoms with Crippen LogP contribution in [0.1, 0.15) is 25.0 Å². The Morgan fingerprint density at radius 2 is 2.00 bits per heavy atom.